The van der Waals surface area contributed by atoms with Crippen molar-refractivity contribution < 1.29 is 23.4 Å². The molecule has 0 saturated carbocycles. The first-order valence-electron chi connectivity index (χ1n) is 29.1. The molecule has 0 spiro atoms. The fourth-order valence-electron chi connectivity index (χ4n) is 14.3. The molecule has 402 valence electrons. The lowest BCUT2D eigenvalue weighted by Gasteiger charge is -2.42. The molecule has 14 aromatic rings. The Morgan fingerprint density at radius 2 is 0.678 bits per heavy atom. The molecule has 3 aromatic heterocycles. The zero-order chi connectivity index (χ0) is 56.6. The third-order valence-corrected chi connectivity index (χ3v) is 18.0. The fourth-order valence-corrected chi connectivity index (χ4v) is 14.3. The average Bonchev–Trinajstić information content (AvgIpc) is 1.59. The van der Waals surface area contributed by atoms with Gasteiger partial charge in [-0.25, -0.2) is 19.9 Å². The highest BCUT2D eigenvalue weighted by Gasteiger charge is 2.49. The maximum absolute atomic E-state index is 6.92. The normalized spacial score (nSPS) is 13.6. The summed E-state index contributed by atoms with van der Waals surface area (Å²) in [6.45, 7) is -0.144. The van der Waals surface area contributed by atoms with Crippen LogP contribution in [-0.4, -0.2) is 33.4 Å². The van der Waals surface area contributed by atoms with Gasteiger partial charge in [-0.05, 0) is 154 Å². The second-order valence-electron chi connectivity index (χ2n) is 22.8. The third kappa shape index (κ3) is 6.73. The quantitative estimate of drug-likeness (QED) is 0.142. The molecule has 0 N–H and O–H groups in total. The van der Waals surface area contributed by atoms with Crippen LogP contribution in [0.15, 0.2) is 247 Å². The van der Waals surface area contributed by atoms with E-state index in [0.29, 0.717) is 34.6 Å². The second kappa shape index (κ2) is 17.4. The van der Waals surface area contributed by atoms with E-state index in [1.807, 2.05) is 72.8 Å². The molecule has 0 unspecified atom stereocenters. The van der Waals surface area contributed by atoms with Gasteiger partial charge in [-0.15, -0.1) is 0 Å². The molecular formula is C74H40B2N6O5. The molecule has 9 heterocycles. The number of aromatic nitrogens is 4. The number of para-hydroxylation sites is 2. The molecule has 6 aliphatic rings. The first-order chi connectivity index (χ1) is 43.1. The Morgan fingerprint density at radius 1 is 0.276 bits per heavy atom. The van der Waals surface area contributed by atoms with Gasteiger partial charge in [0.2, 0.25) is 0 Å². The molecule has 0 aliphatic carbocycles. The lowest BCUT2D eigenvalue weighted by molar-refractivity contribution is 0.464. The second-order valence-corrected chi connectivity index (χ2v) is 22.8. The maximum Gasteiger partial charge on any atom is 0.266 e. The van der Waals surface area contributed by atoms with E-state index >= 15 is 0 Å². The number of nitrogens with zero attached hydrogens (tertiary/aromatic N) is 6. The monoisotopic (exact) mass is 1110 g/mol. The Balaban J connectivity index is 0.646. The van der Waals surface area contributed by atoms with E-state index in [0.717, 1.165) is 157 Å². The van der Waals surface area contributed by atoms with Gasteiger partial charge in [0.05, 0.1) is 5.69 Å². The van der Waals surface area contributed by atoms with Crippen LogP contribution in [-0.2, 0) is 0 Å². The van der Waals surface area contributed by atoms with Crippen molar-refractivity contribution in [3.63, 3.8) is 0 Å². The minimum absolute atomic E-state index is 0.0484. The molecule has 20 rings (SSSR count). The lowest BCUT2D eigenvalue weighted by atomic mass is 9.33. The summed E-state index contributed by atoms with van der Waals surface area (Å²) in [5, 5.41) is 0.905. The van der Waals surface area contributed by atoms with Crippen LogP contribution in [0, 0.1) is 0 Å². The molecule has 11 aromatic carbocycles. The molecule has 0 saturated heterocycles. The topological polar surface area (TPSA) is 108 Å². The Labute approximate surface area is 498 Å². The summed E-state index contributed by atoms with van der Waals surface area (Å²) >= 11 is 0. The summed E-state index contributed by atoms with van der Waals surface area (Å²) in [7, 11) is 0. The highest BCUT2D eigenvalue weighted by molar-refractivity contribution is 7.01. The SMILES string of the molecule is c1ccc(-c2nc(-c3ccc(-c4ccc5oc6ccc(-c7cc8c9c(c7)Oc7cccc%10c7B9c7c(cccc7N%10c7ccccc7)O8)cc6c5n4)cc3)nc(-c3cc4c5c(c3)Oc3cccc6c3B5c3c(cccc3N6c3ccccc3)O4)n2)cc1. The number of hydrogen-bond acceptors (Lipinski definition) is 11. The number of hydrogen-bond donors (Lipinski definition) is 0. The van der Waals surface area contributed by atoms with Gasteiger partial charge in [-0.1, -0.05) is 121 Å². The van der Waals surface area contributed by atoms with Gasteiger partial charge in [-0.3, -0.25) is 0 Å². The summed E-state index contributed by atoms with van der Waals surface area (Å²) in [6, 6.07) is 83.3. The van der Waals surface area contributed by atoms with E-state index < -0.39 is 0 Å². The number of rotatable bonds is 7. The largest absolute Gasteiger partial charge is 0.458 e. The predicted molar refractivity (Wildman–Crippen MR) is 344 cm³/mol. The first-order valence-corrected chi connectivity index (χ1v) is 29.1. The molecule has 87 heavy (non-hydrogen) atoms. The number of ether oxygens (including phenoxy) is 4. The minimum atomic E-state index is -0.0958. The zero-order valence-corrected chi connectivity index (χ0v) is 46.0. The van der Waals surface area contributed by atoms with E-state index in [1.165, 1.54) is 0 Å². The average molecular weight is 1110 g/mol. The highest BCUT2D eigenvalue weighted by atomic mass is 16.5. The summed E-state index contributed by atoms with van der Waals surface area (Å²) in [5.41, 5.74) is 21.4. The van der Waals surface area contributed by atoms with Crippen LogP contribution in [0.3, 0.4) is 0 Å². The lowest BCUT2D eigenvalue weighted by Crippen LogP contribution is -2.61. The molecule has 0 amide bonds. The van der Waals surface area contributed by atoms with Gasteiger partial charge in [0.15, 0.2) is 23.1 Å². The number of benzene rings is 11. The molecule has 0 bridgehead atoms. The van der Waals surface area contributed by atoms with E-state index in [9.17, 15) is 0 Å². The minimum Gasteiger partial charge on any atom is -0.458 e. The van der Waals surface area contributed by atoms with Crippen molar-refractivity contribution in [3.05, 3.63) is 243 Å². The molecule has 0 atom stereocenters. The van der Waals surface area contributed by atoms with Crippen molar-refractivity contribution in [2.24, 2.45) is 0 Å². The zero-order valence-electron chi connectivity index (χ0n) is 46.0. The van der Waals surface area contributed by atoms with E-state index in [-0.39, 0.29) is 13.4 Å². The van der Waals surface area contributed by atoms with Gasteiger partial charge < -0.3 is 33.2 Å². The number of fused-ring (bicyclic) bond motifs is 3. The van der Waals surface area contributed by atoms with E-state index in [2.05, 4.69) is 180 Å². The summed E-state index contributed by atoms with van der Waals surface area (Å²) in [6.07, 6.45) is 0. The third-order valence-electron chi connectivity index (χ3n) is 18.0. The van der Waals surface area contributed by atoms with E-state index in [1.54, 1.807) is 0 Å². The van der Waals surface area contributed by atoms with Crippen molar-refractivity contribution >= 4 is 102 Å². The fraction of sp³-hybridized carbons (Fsp3) is 0. The van der Waals surface area contributed by atoms with Gasteiger partial charge >= 0.3 is 0 Å². The molecular weight excluding hydrogens is 1070 g/mol. The summed E-state index contributed by atoms with van der Waals surface area (Å²) < 4.78 is 34.1. The van der Waals surface area contributed by atoms with E-state index in [4.69, 9.17) is 43.3 Å². The molecule has 0 fully saturated rings. The van der Waals surface area contributed by atoms with Crippen LogP contribution in [0.2, 0.25) is 0 Å². The Morgan fingerprint density at radius 3 is 1.16 bits per heavy atom. The molecule has 0 radical (unpaired) electrons. The molecule has 6 aliphatic heterocycles. The van der Waals surface area contributed by atoms with Crippen LogP contribution in [0.25, 0.3) is 78.6 Å². The van der Waals surface area contributed by atoms with Gasteiger partial charge in [0.1, 0.15) is 57.1 Å². The predicted octanol–water partition coefficient (Wildman–Crippen LogP) is 14.5. The van der Waals surface area contributed by atoms with Crippen molar-refractivity contribution in [1.82, 2.24) is 19.9 Å². The maximum atomic E-state index is 6.92. The van der Waals surface area contributed by atoms with Crippen molar-refractivity contribution in [3.8, 4) is 103 Å². The molecule has 13 heteroatoms. The van der Waals surface area contributed by atoms with Crippen molar-refractivity contribution in [2.45, 2.75) is 0 Å². The number of furan rings is 1. The van der Waals surface area contributed by atoms with Crippen molar-refractivity contribution in [2.75, 3.05) is 9.80 Å². The van der Waals surface area contributed by atoms with Crippen LogP contribution in [0.5, 0.6) is 46.0 Å². The van der Waals surface area contributed by atoms with Crippen LogP contribution >= 0.6 is 0 Å². The van der Waals surface area contributed by atoms with Gasteiger partial charge in [-0.2, -0.15) is 0 Å². The first kappa shape index (κ1) is 46.8. The Bertz CT molecular complexity index is 5180. The van der Waals surface area contributed by atoms with Crippen molar-refractivity contribution in [1.29, 1.82) is 0 Å². The van der Waals surface area contributed by atoms with Gasteiger partial charge in [0.25, 0.3) is 13.4 Å². The highest BCUT2D eigenvalue weighted by Crippen LogP contribution is 2.49. The van der Waals surface area contributed by atoms with Crippen LogP contribution in [0.1, 0.15) is 0 Å². The summed E-state index contributed by atoms with van der Waals surface area (Å²) in [5.74, 6) is 7.86. The molecule has 11 nitrogen and oxygen atoms in total. The Kier molecular flexibility index (Phi) is 9.37. The smallest absolute Gasteiger partial charge is 0.266 e. The standard InChI is InChI=1S/C74H40B2N6O5/c1-4-14-42(15-5-1)72-78-73(80-74(79-72)46-39-63-70-64(40-46)87-59-27-13-23-54-68(59)76(70)67-53(22-12-26-58(67)86-63)82(54)48-18-8-3-9-19-48)43-30-28-41(29-31-43)50-33-35-60-71(77-50)49-36-44(32-34-55(49)83-60)45-37-61-69-62(38-45)85-57-25-11-21-52-66(57)75(69)65-51(20-10-24-56(65)84-61)81(52)47-16-6-2-7-17-47/h1-40H. The summed E-state index contributed by atoms with van der Waals surface area (Å²) in [4.78, 5) is 25.4. The van der Waals surface area contributed by atoms with Crippen LogP contribution in [0.4, 0.5) is 34.1 Å². The number of pyridine rings is 1. The Hall–Kier alpha value is -11.7. The number of anilines is 6. The van der Waals surface area contributed by atoms with Gasteiger partial charge in [0, 0.05) is 72.7 Å². The van der Waals surface area contributed by atoms with Crippen LogP contribution < -0.4 is 61.5 Å².